The van der Waals surface area contributed by atoms with Gasteiger partial charge in [-0.2, -0.15) is 10.1 Å². The molecule has 3 heterocycles. The van der Waals surface area contributed by atoms with Crippen molar-refractivity contribution in [2.75, 3.05) is 18.0 Å². The fourth-order valence-corrected chi connectivity index (χ4v) is 3.26. The molecule has 1 aromatic carbocycles. The molecule has 8 heteroatoms. The maximum Gasteiger partial charge on any atom is 0.263 e. The van der Waals surface area contributed by atoms with E-state index in [2.05, 4.69) is 15.1 Å². The molecule has 4 rings (SSSR count). The first-order chi connectivity index (χ1) is 12.6. The molecule has 1 atom stereocenters. The number of H-pyrrole nitrogens is 1. The average molecular weight is 357 g/mol. The van der Waals surface area contributed by atoms with E-state index < -0.39 is 0 Å². The Morgan fingerprint density at radius 1 is 1.38 bits per heavy atom. The second-order valence-corrected chi connectivity index (χ2v) is 6.51. The van der Waals surface area contributed by atoms with Crippen LogP contribution in [0.1, 0.15) is 18.4 Å². The van der Waals surface area contributed by atoms with E-state index in [1.165, 1.54) is 12.3 Å². The van der Waals surface area contributed by atoms with Crippen molar-refractivity contribution in [3.8, 4) is 0 Å². The third-order valence-corrected chi connectivity index (χ3v) is 4.70. The number of nitrogens with one attached hydrogen (secondary N) is 1. The van der Waals surface area contributed by atoms with Crippen molar-refractivity contribution in [1.29, 1.82) is 0 Å². The molecule has 26 heavy (non-hydrogen) atoms. The van der Waals surface area contributed by atoms with Crippen LogP contribution in [0.15, 0.2) is 35.3 Å². The summed E-state index contributed by atoms with van der Waals surface area (Å²) in [6.07, 6.45) is 3.27. The maximum atomic E-state index is 13.7. The third kappa shape index (κ3) is 3.20. The summed E-state index contributed by atoms with van der Waals surface area (Å²) in [5, 5.41) is 4.56. The van der Waals surface area contributed by atoms with Crippen LogP contribution in [0.4, 0.5) is 10.3 Å². The van der Waals surface area contributed by atoms with Crippen molar-refractivity contribution >= 4 is 17.0 Å². The van der Waals surface area contributed by atoms with Crippen LogP contribution in [-0.2, 0) is 18.4 Å². The van der Waals surface area contributed by atoms with Gasteiger partial charge >= 0.3 is 0 Å². The van der Waals surface area contributed by atoms with Gasteiger partial charge in [-0.3, -0.25) is 14.5 Å². The molecular weight excluding hydrogens is 337 g/mol. The lowest BCUT2D eigenvalue weighted by atomic mass is 10.1. The molecule has 0 aliphatic carbocycles. The number of ether oxygens (including phenoxy) is 1. The highest BCUT2D eigenvalue weighted by molar-refractivity contribution is 5.74. The van der Waals surface area contributed by atoms with E-state index in [4.69, 9.17) is 4.74 Å². The lowest BCUT2D eigenvalue weighted by Crippen LogP contribution is -2.41. The standard InChI is InChI=1S/C18H20FN5O2/c1-23-16-14(9-20-23)17(25)22-18(21-16)24-8-4-6-13(10-24)26-11-12-5-2-3-7-15(12)19/h2-3,5,7,9,13H,4,6,8,10-11H2,1H3,(H,21,22,25)/t13-/m0/s1. The number of anilines is 1. The van der Waals surface area contributed by atoms with Gasteiger partial charge in [-0.25, -0.2) is 4.39 Å². The number of benzene rings is 1. The number of hydrogen-bond donors (Lipinski definition) is 1. The van der Waals surface area contributed by atoms with Crippen molar-refractivity contribution in [1.82, 2.24) is 19.7 Å². The molecule has 3 aromatic rings. The van der Waals surface area contributed by atoms with Gasteiger partial charge in [0.2, 0.25) is 5.95 Å². The molecule has 0 bridgehead atoms. The molecule has 136 valence electrons. The van der Waals surface area contributed by atoms with Crippen molar-refractivity contribution in [3.63, 3.8) is 0 Å². The molecular formula is C18H20FN5O2. The van der Waals surface area contributed by atoms with Crippen LogP contribution >= 0.6 is 0 Å². The molecule has 0 unspecified atom stereocenters. The Bertz CT molecular complexity index is 983. The summed E-state index contributed by atoms with van der Waals surface area (Å²) in [5.41, 5.74) is 0.901. The highest BCUT2D eigenvalue weighted by Gasteiger charge is 2.23. The number of hydrogen-bond acceptors (Lipinski definition) is 5. The SMILES string of the molecule is Cn1ncc2c(=O)[nH]c(N3CCC[C@H](OCc4ccccc4F)C3)nc21. The van der Waals surface area contributed by atoms with E-state index in [9.17, 15) is 9.18 Å². The fraction of sp³-hybridized carbons (Fsp3) is 0.389. The van der Waals surface area contributed by atoms with E-state index in [0.717, 1.165) is 19.4 Å². The van der Waals surface area contributed by atoms with Crippen LogP contribution < -0.4 is 10.5 Å². The van der Waals surface area contributed by atoms with E-state index in [1.807, 2.05) is 4.90 Å². The molecule has 1 fully saturated rings. The summed E-state index contributed by atoms with van der Waals surface area (Å²) in [7, 11) is 1.76. The Hall–Kier alpha value is -2.74. The first-order valence-electron chi connectivity index (χ1n) is 8.64. The fourth-order valence-electron chi connectivity index (χ4n) is 3.26. The van der Waals surface area contributed by atoms with E-state index >= 15 is 0 Å². The second kappa shape index (κ2) is 6.87. The van der Waals surface area contributed by atoms with E-state index in [0.29, 0.717) is 29.1 Å². The minimum Gasteiger partial charge on any atom is -0.372 e. The first kappa shape index (κ1) is 16.7. The van der Waals surface area contributed by atoms with Gasteiger partial charge in [0, 0.05) is 25.7 Å². The van der Waals surface area contributed by atoms with Crippen LogP contribution in [0.5, 0.6) is 0 Å². The van der Waals surface area contributed by atoms with Crippen molar-refractivity contribution in [3.05, 3.63) is 52.2 Å². The number of halogens is 1. The zero-order valence-electron chi connectivity index (χ0n) is 14.5. The molecule has 0 amide bonds. The van der Waals surface area contributed by atoms with Gasteiger partial charge in [-0.1, -0.05) is 18.2 Å². The van der Waals surface area contributed by atoms with E-state index in [-0.39, 0.29) is 24.1 Å². The van der Waals surface area contributed by atoms with Crippen molar-refractivity contribution in [2.24, 2.45) is 7.05 Å². The lowest BCUT2D eigenvalue weighted by molar-refractivity contribution is 0.0299. The summed E-state index contributed by atoms with van der Waals surface area (Å²) in [6.45, 7) is 1.61. The quantitative estimate of drug-likeness (QED) is 0.773. The van der Waals surface area contributed by atoms with Crippen LogP contribution in [0.25, 0.3) is 11.0 Å². The van der Waals surface area contributed by atoms with Crippen LogP contribution in [-0.4, -0.2) is 38.9 Å². The summed E-state index contributed by atoms with van der Waals surface area (Å²) >= 11 is 0. The molecule has 1 aliphatic rings. The number of piperidine rings is 1. The smallest absolute Gasteiger partial charge is 0.263 e. The largest absolute Gasteiger partial charge is 0.372 e. The molecule has 0 saturated carbocycles. The highest BCUT2D eigenvalue weighted by Crippen LogP contribution is 2.20. The van der Waals surface area contributed by atoms with Gasteiger partial charge in [0.25, 0.3) is 5.56 Å². The van der Waals surface area contributed by atoms with Crippen LogP contribution in [0, 0.1) is 5.82 Å². The van der Waals surface area contributed by atoms with Gasteiger partial charge in [0.15, 0.2) is 5.65 Å². The molecule has 1 aliphatic heterocycles. The van der Waals surface area contributed by atoms with Crippen LogP contribution in [0.2, 0.25) is 0 Å². The maximum absolute atomic E-state index is 13.7. The Morgan fingerprint density at radius 2 is 2.23 bits per heavy atom. The monoisotopic (exact) mass is 357 g/mol. The summed E-state index contributed by atoms with van der Waals surface area (Å²) < 4.78 is 21.2. The number of aromatic amines is 1. The Balaban J connectivity index is 1.49. The predicted octanol–water partition coefficient (Wildman–Crippen LogP) is 1.98. The van der Waals surface area contributed by atoms with Crippen LogP contribution in [0.3, 0.4) is 0 Å². The molecule has 0 radical (unpaired) electrons. The van der Waals surface area contributed by atoms with Gasteiger partial charge < -0.3 is 9.64 Å². The summed E-state index contributed by atoms with van der Waals surface area (Å²) in [5.74, 6) is 0.262. The zero-order chi connectivity index (χ0) is 18.1. The van der Waals surface area contributed by atoms with Gasteiger partial charge in [0.1, 0.15) is 11.2 Å². The number of fused-ring (bicyclic) bond motifs is 1. The molecule has 2 aromatic heterocycles. The predicted molar refractivity (Wildman–Crippen MR) is 95.6 cm³/mol. The average Bonchev–Trinajstić information content (AvgIpc) is 3.03. The Kier molecular flexibility index (Phi) is 4.42. The third-order valence-electron chi connectivity index (χ3n) is 4.70. The molecule has 1 N–H and O–H groups in total. The second-order valence-electron chi connectivity index (χ2n) is 6.51. The van der Waals surface area contributed by atoms with E-state index in [1.54, 1.807) is 29.9 Å². The molecule has 1 saturated heterocycles. The molecule has 0 spiro atoms. The first-order valence-corrected chi connectivity index (χ1v) is 8.64. The normalized spacial score (nSPS) is 17.8. The Labute approximate surface area is 149 Å². The number of aryl methyl sites for hydroxylation is 1. The summed E-state index contributed by atoms with van der Waals surface area (Å²) in [4.78, 5) is 21.6. The topological polar surface area (TPSA) is 76.0 Å². The van der Waals surface area contributed by atoms with Gasteiger partial charge in [-0.05, 0) is 18.9 Å². The highest BCUT2D eigenvalue weighted by atomic mass is 19.1. The lowest BCUT2D eigenvalue weighted by Gasteiger charge is -2.33. The van der Waals surface area contributed by atoms with Crippen molar-refractivity contribution in [2.45, 2.75) is 25.6 Å². The minimum atomic E-state index is -0.257. The minimum absolute atomic E-state index is 0.0455. The Morgan fingerprint density at radius 3 is 3.08 bits per heavy atom. The zero-order valence-corrected chi connectivity index (χ0v) is 14.5. The van der Waals surface area contributed by atoms with Crippen molar-refractivity contribution < 1.29 is 9.13 Å². The molecule has 7 nitrogen and oxygen atoms in total. The number of aromatic nitrogens is 4. The van der Waals surface area contributed by atoms with Gasteiger partial charge in [0.05, 0.1) is 18.9 Å². The number of rotatable bonds is 4. The number of nitrogens with zero attached hydrogens (tertiary/aromatic N) is 4. The summed E-state index contributed by atoms with van der Waals surface area (Å²) in [6, 6.07) is 6.62. The van der Waals surface area contributed by atoms with Gasteiger partial charge in [-0.15, -0.1) is 0 Å².